The van der Waals surface area contributed by atoms with Gasteiger partial charge < -0.3 is 19.5 Å². The van der Waals surface area contributed by atoms with Crippen molar-refractivity contribution >= 4 is 17.9 Å². The van der Waals surface area contributed by atoms with Crippen molar-refractivity contribution < 1.29 is 33.0 Å². The number of aliphatic hydroxyl groups is 1. The topological polar surface area (TPSA) is 79.3 Å². The van der Waals surface area contributed by atoms with Crippen LogP contribution in [0.1, 0.15) is 30.0 Å². The average molecular weight is 446 g/mol. The third-order valence-corrected chi connectivity index (χ3v) is 5.71. The first-order chi connectivity index (χ1) is 15.5. The molecule has 3 atom stereocenters. The fraction of sp³-hybridized carbons (Fsp3) is 0.391. The van der Waals surface area contributed by atoms with Gasteiger partial charge in [-0.3, -0.25) is 4.90 Å². The summed E-state index contributed by atoms with van der Waals surface area (Å²) < 4.78 is 39.7. The molecule has 2 aliphatic rings. The Balaban J connectivity index is 1.51. The van der Waals surface area contributed by atoms with E-state index in [-0.39, 0.29) is 50.4 Å². The van der Waals surface area contributed by atoms with Crippen LogP contribution in [0.3, 0.4) is 0 Å². The van der Waals surface area contributed by atoms with E-state index in [1.54, 1.807) is 0 Å². The SMILES string of the molecule is O=C1OC(CO)CN1c1ccc(C2CC(F)CCN2C(=O)OCc2ccccc2)c(F)c1. The molecule has 0 bridgehead atoms. The van der Waals surface area contributed by atoms with E-state index in [1.807, 2.05) is 30.3 Å². The van der Waals surface area contributed by atoms with Gasteiger partial charge in [-0.25, -0.2) is 18.4 Å². The molecule has 4 rings (SSSR count). The molecule has 32 heavy (non-hydrogen) atoms. The number of halogens is 2. The summed E-state index contributed by atoms with van der Waals surface area (Å²) in [6.07, 6.45) is -3.05. The zero-order chi connectivity index (χ0) is 22.7. The van der Waals surface area contributed by atoms with Gasteiger partial charge in [0, 0.05) is 18.5 Å². The largest absolute Gasteiger partial charge is 0.445 e. The zero-order valence-corrected chi connectivity index (χ0v) is 17.3. The Morgan fingerprint density at radius 3 is 2.69 bits per heavy atom. The first-order valence-corrected chi connectivity index (χ1v) is 10.5. The molecule has 2 amide bonds. The molecule has 170 valence electrons. The first-order valence-electron chi connectivity index (χ1n) is 10.5. The van der Waals surface area contributed by atoms with Gasteiger partial charge in [0.25, 0.3) is 0 Å². The molecular weight excluding hydrogens is 422 g/mol. The highest BCUT2D eigenvalue weighted by molar-refractivity contribution is 5.89. The van der Waals surface area contributed by atoms with Crippen molar-refractivity contribution in [3.8, 4) is 0 Å². The van der Waals surface area contributed by atoms with Gasteiger partial charge in [-0.05, 0) is 24.1 Å². The van der Waals surface area contributed by atoms with Gasteiger partial charge in [-0.1, -0.05) is 36.4 Å². The predicted molar refractivity (Wildman–Crippen MR) is 111 cm³/mol. The van der Waals surface area contributed by atoms with Crippen LogP contribution in [-0.2, 0) is 16.1 Å². The quantitative estimate of drug-likeness (QED) is 0.752. The Morgan fingerprint density at radius 2 is 2.00 bits per heavy atom. The van der Waals surface area contributed by atoms with E-state index < -0.39 is 36.3 Å². The minimum absolute atomic E-state index is 0.0466. The van der Waals surface area contributed by atoms with Crippen LogP contribution >= 0.6 is 0 Å². The van der Waals surface area contributed by atoms with Crippen molar-refractivity contribution in [1.29, 1.82) is 0 Å². The van der Waals surface area contributed by atoms with E-state index in [9.17, 15) is 19.1 Å². The minimum Gasteiger partial charge on any atom is -0.445 e. The standard InChI is InChI=1S/C23H24F2N2O5/c24-16-8-9-26(22(29)31-14-15-4-2-1-3-5-15)21(10-16)19-7-6-17(11-20(19)25)27-12-18(13-28)32-23(27)30/h1-7,11,16,18,21,28H,8-10,12-14H2. The Labute approximate surface area is 184 Å². The molecule has 1 N–H and O–H groups in total. The Hall–Kier alpha value is -3.20. The van der Waals surface area contributed by atoms with Crippen molar-refractivity contribution in [3.63, 3.8) is 0 Å². The van der Waals surface area contributed by atoms with Gasteiger partial charge in [-0.2, -0.15) is 0 Å². The van der Waals surface area contributed by atoms with E-state index in [2.05, 4.69) is 0 Å². The summed E-state index contributed by atoms with van der Waals surface area (Å²) in [5.41, 5.74) is 1.23. The molecular formula is C23H24F2N2O5. The summed E-state index contributed by atoms with van der Waals surface area (Å²) in [5.74, 6) is -0.664. The summed E-state index contributed by atoms with van der Waals surface area (Å²) in [6, 6.07) is 12.5. The van der Waals surface area contributed by atoms with Crippen LogP contribution < -0.4 is 4.90 Å². The number of nitrogens with zero attached hydrogens (tertiary/aromatic N) is 2. The molecule has 2 aromatic rings. The van der Waals surface area contributed by atoms with Gasteiger partial charge in [-0.15, -0.1) is 0 Å². The maximum Gasteiger partial charge on any atom is 0.414 e. The molecule has 2 aromatic carbocycles. The van der Waals surface area contributed by atoms with Crippen molar-refractivity contribution in [1.82, 2.24) is 4.90 Å². The number of amides is 2. The van der Waals surface area contributed by atoms with Gasteiger partial charge in [0.1, 0.15) is 24.7 Å². The van der Waals surface area contributed by atoms with Gasteiger partial charge in [0.05, 0.1) is 24.9 Å². The second kappa shape index (κ2) is 9.52. The van der Waals surface area contributed by atoms with Crippen LogP contribution in [-0.4, -0.2) is 54.2 Å². The first kappa shape index (κ1) is 22.0. The molecule has 0 saturated carbocycles. The number of ether oxygens (including phenoxy) is 2. The molecule has 2 fully saturated rings. The number of benzene rings is 2. The fourth-order valence-electron chi connectivity index (χ4n) is 4.02. The van der Waals surface area contributed by atoms with E-state index >= 15 is 4.39 Å². The van der Waals surface area contributed by atoms with Crippen molar-refractivity contribution in [2.75, 3.05) is 24.6 Å². The van der Waals surface area contributed by atoms with Crippen LogP contribution in [0.15, 0.2) is 48.5 Å². The van der Waals surface area contributed by atoms with Crippen LogP contribution in [0, 0.1) is 5.82 Å². The van der Waals surface area contributed by atoms with Crippen molar-refractivity contribution in [2.24, 2.45) is 0 Å². The molecule has 9 heteroatoms. The zero-order valence-electron chi connectivity index (χ0n) is 17.3. The lowest BCUT2D eigenvalue weighted by molar-refractivity contribution is 0.0489. The number of carbonyl (C=O) groups is 2. The molecule has 2 heterocycles. The summed E-state index contributed by atoms with van der Waals surface area (Å²) in [4.78, 5) is 27.3. The molecule has 0 radical (unpaired) electrons. The maximum absolute atomic E-state index is 15.1. The number of alkyl halides is 1. The molecule has 7 nitrogen and oxygen atoms in total. The molecule has 0 aliphatic carbocycles. The number of aliphatic hydroxyl groups excluding tert-OH is 1. The molecule has 2 aliphatic heterocycles. The lowest BCUT2D eigenvalue weighted by Gasteiger charge is -2.37. The number of rotatable bonds is 5. The van der Waals surface area contributed by atoms with Gasteiger partial charge >= 0.3 is 12.2 Å². The van der Waals surface area contributed by atoms with Crippen LogP contribution in [0.5, 0.6) is 0 Å². The molecule has 0 aromatic heterocycles. The van der Waals surface area contributed by atoms with Crippen molar-refractivity contribution in [3.05, 3.63) is 65.5 Å². The predicted octanol–water partition coefficient (Wildman–Crippen LogP) is 3.96. The molecule has 3 unspecified atom stereocenters. The molecule has 2 saturated heterocycles. The number of hydrogen-bond donors (Lipinski definition) is 1. The minimum atomic E-state index is -1.17. The summed E-state index contributed by atoms with van der Waals surface area (Å²) in [5, 5.41) is 9.18. The highest BCUT2D eigenvalue weighted by Crippen LogP contribution is 2.36. The van der Waals surface area contributed by atoms with E-state index in [1.165, 1.54) is 21.9 Å². The van der Waals surface area contributed by atoms with E-state index in [0.29, 0.717) is 0 Å². The Kier molecular flexibility index (Phi) is 6.55. The number of cyclic esters (lactones) is 1. The Bertz CT molecular complexity index is 974. The second-order valence-electron chi connectivity index (χ2n) is 7.88. The fourth-order valence-corrected chi connectivity index (χ4v) is 4.02. The number of hydrogen-bond acceptors (Lipinski definition) is 5. The number of likely N-dealkylation sites (tertiary alicyclic amines) is 1. The van der Waals surface area contributed by atoms with Gasteiger partial charge in [0.15, 0.2) is 0 Å². The summed E-state index contributed by atoms with van der Waals surface area (Å²) in [6.45, 7) is -0.0609. The third kappa shape index (κ3) is 4.67. The third-order valence-electron chi connectivity index (χ3n) is 5.71. The lowest BCUT2D eigenvalue weighted by atomic mass is 9.93. The highest BCUT2D eigenvalue weighted by atomic mass is 19.1. The summed E-state index contributed by atoms with van der Waals surface area (Å²) >= 11 is 0. The van der Waals surface area contributed by atoms with E-state index in [0.717, 1.165) is 11.6 Å². The highest BCUT2D eigenvalue weighted by Gasteiger charge is 2.36. The van der Waals surface area contributed by atoms with Gasteiger partial charge in [0.2, 0.25) is 0 Å². The lowest BCUT2D eigenvalue weighted by Crippen LogP contribution is -2.42. The van der Waals surface area contributed by atoms with Crippen molar-refractivity contribution in [2.45, 2.75) is 37.8 Å². The monoisotopic (exact) mass is 446 g/mol. The Morgan fingerprint density at radius 1 is 1.22 bits per heavy atom. The maximum atomic E-state index is 15.1. The normalized spacial score (nSPS) is 23.2. The van der Waals surface area contributed by atoms with Crippen LogP contribution in [0.4, 0.5) is 24.1 Å². The van der Waals surface area contributed by atoms with E-state index in [4.69, 9.17) is 9.47 Å². The number of carbonyl (C=O) groups excluding carboxylic acids is 2. The summed E-state index contributed by atoms with van der Waals surface area (Å²) in [7, 11) is 0. The second-order valence-corrected chi connectivity index (χ2v) is 7.88. The number of anilines is 1. The van der Waals surface area contributed by atoms with Crippen LogP contribution in [0.2, 0.25) is 0 Å². The average Bonchev–Trinajstić information content (AvgIpc) is 3.19. The number of piperidine rings is 1. The molecule has 0 spiro atoms. The van der Waals surface area contributed by atoms with Crippen LogP contribution in [0.25, 0.3) is 0 Å². The smallest absolute Gasteiger partial charge is 0.414 e.